The summed E-state index contributed by atoms with van der Waals surface area (Å²) in [5.74, 6) is 2.82. The van der Waals surface area contributed by atoms with Gasteiger partial charge in [-0.1, -0.05) is 20.3 Å². The van der Waals surface area contributed by atoms with E-state index in [1.165, 1.54) is 25.8 Å². The SMILES string of the molecule is CC(C)CCC1CC2CN(C1C)C2(C)C. The predicted molar refractivity (Wildman–Crippen MR) is 65.9 cm³/mol. The van der Waals surface area contributed by atoms with Gasteiger partial charge in [-0.05, 0) is 51.4 Å². The lowest BCUT2D eigenvalue weighted by atomic mass is 9.63. The Hall–Kier alpha value is -0.0400. The molecule has 0 aromatic heterocycles. The number of fused-ring (bicyclic) bond motifs is 2. The minimum Gasteiger partial charge on any atom is -0.295 e. The van der Waals surface area contributed by atoms with Crippen LogP contribution >= 0.6 is 0 Å². The highest BCUT2D eigenvalue weighted by atomic mass is 15.3. The molecular formula is C14H27N. The van der Waals surface area contributed by atoms with Crippen LogP contribution in [0.2, 0.25) is 0 Å². The Morgan fingerprint density at radius 2 is 2.00 bits per heavy atom. The summed E-state index contributed by atoms with van der Waals surface area (Å²) in [6, 6.07) is 0.823. The molecular weight excluding hydrogens is 182 g/mol. The second-order valence-electron chi connectivity index (χ2n) is 6.71. The van der Waals surface area contributed by atoms with Gasteiger partial charge in [0.25, 0.3) is 0 Å². The van der Waals surface area contributed by atoms with Gasteiger partial charge in [0.05, 0.1) is 0 Å². The third-order valence-corrected chi connectivity index (χ3v) is 5.03. The van der Waals surface area contributed by atoms with Crippen molar-refractivity contribution in [3.63, 3.8) is 0 Å². The molecule has 0 aromatic rings. The molecule has 0 radical (unpaired) electrons. The van der Waals surface area contributed by atoms with Gasteiger partial charge in [0.15, 0.2) is 0 Å². The zero-order chi connectivity index (χ0) is 11.2. The molecule has 3 saturated heterocycles. The van der Waals surface area contributed by atoms with Crippen LogP contribution in [0.1, 0.15) is 53.9 Å². The van der Waals surface area contributed by atoms with E-state index < -0.39 is 0 Å². The van der Waals surface area contributed by atoms with Gasteiger partial charge in [0, 0.05) is 18.1 Å². The van der Waals surface area contributed by atoms with Crippen LogP contribution in [0.25, 0.3) is 0 Å². The van der Waals surface area contributed by atoms with Gasteiger partial charge in [0.1, 0.15) is 0 Å². The average Bonchev–Trinajstić information content (AvgIpc) is 2.15. The van der Waals surface area contributed by atoms with Crippen LogP contribution in [0, 0.1) is 17.8 Å². The monoisotopic (exact) mass is 209 g/mol. The van der Waals surface area contributed by atoms with Crippen molar-refractivity contribution in [3.05, 3.63) is 0 Å². The maximum absolute atomic E-state index is 2.73. The Labute approximate surface area is 95.2 Å². The summed E-state index contributed by atoms with van der Waals surface area (Å²) >= 11 is 0. The van der Waals surface area contributed by atoms with Crippen LogP contribution in [0.5, 0.6) is 0 Å². The largest absolute Gasteiger partial charge is 0.295 e. The number of hydrogen-bond acceptors (Lipinski definition) is 1. The zero-order valence-corrected chi connectivity index (χ0v) is 11.1. The van der Waals surface area contributed by atoms with E-state index in [4.69, 9.17) is 0 Å². The van der Waals surface area contributed by atoms with Crippen LogP contribution in [-0.4, -0.2) is 23.0 Å². The third-order valence-electron chi connectivity index (χ3n) is 5.03. The van der Waals surface area contributed by atoms with Gasteiger partial charge in [0.2, 0.25) is 0 Å². The molecule has 1 nitrogen and oxygen atoms in total. The van der Waals surface area contributed by atoms with E-state index in [2.05, 4.69) is 39.5 Å². The van der Waals surface area contributed by atoms with E-state index in [0.717, 1.165) is 23.8 Å². The molecule has 0 aromatic carbocycles. The van der Waals surface area contributed by atoms with Gasteiger partial charge >= 0.3 is 0 Å². The van der Waals surface area contributed by atoms with Crippen molar-refractivity contribution in [2.24, 2.45) is 17.8 Å². The highest BCUT2D eigenvalue weighted by molar-refractivity contribution is 5.08. The number of rotatable bonds is 3. The summed E-state index contributed by atoms with van der Waals surface area (Å²) in [6.07, 6.45) is 4.34. The Kier molecular flexibility index (Phi) is 2.87. The number of piperidine rings is 2. The van der Waals surface area contributed by atoms with Gasteiger partial charge in [-0.2, -0.15) is 0 Å². The van der Waals surface area contributed by atoms with Crippen molar-refractivity contribution >= 4 is 0 Å². The van der Waals surface area contributed by atoms with E-state index in [9.17, 15) is 0 Å². The third kappa shape index (κ3) is 1.84. The summed E-state index contributed by atoms with van der Waals surface area (Å²) in [5.41, 5.74) is 0.508. The summed E-state index contributed by atoms with van der Waals surface area (Å²) < 4.78 is 0. The minimum absolute atomic E-state index is 0.508. The molecule has 88 valence electrons. The fourth-order valence-corrected chi connectivity index (χ4v) is 3.60. The van der Waals surface area contributed by atoms with Gasteiger partial charge < -0.3 is 0 Å². The number of hydrogen-bond donors (Lipinski definition) is 0. The van der Waals surface area contributed by atoms with Crippen molar-refractivity contribution < 1.29 is 0 Å². The maximum Gasteiger partial charge on any atom is 0.0196 e. The van der Waals surface area contributed by atoms with Crippen LogP contribution in [0.15, 0.2) is 0 Å². The highest BCUT2D eigenvalue weighted by Crippen LogP contribution is 2.49. The minimum atomic E-state index is 0.508. The fraction of sp³-hybridized carbons (Fsp3) is 1.00. The second-order valence-corrected chi connectivity index (χ2v) is 6.71. The molecule has 3 aliphatic heterocycles. The highest BCUT2D eigenvalue weighted by Gasteiger charge is 2.54. The molecule has 3 aliphatic rings. The summed E-state index contributed by atoms with van der Waals surface area (Å²) in [6.45, 7) is 13.4. The smallest absolute Gasteiger partial charge is 0.0196 e. The molecule has 0 N–H and O–H groups in total. The molecule has 0 amide bonds. The standard InChI is InChI=1S/C14H27N/c1-10(2)6-7-12-8-13-9-15(11(12)3)14(13,4)5/h10-13H,6-9H2,1-5H3. The van der Waals surface area contributed by atoms with E-state index in [-0.39, 0.29) is 0 Å². The molecule has 2 bridgehead atoms. The van der Waals surface area contributed by atoms with E-state index in [0.29, 0.717) is 5.54 Å². The Balaban J connectivity index is 1.91. The van der Waals surface area contributed by atoms with Crippen molar-refractivity contribution in [3.8, 4) is 0 Å². The van der Waals surface area contributed by atoms with Crippen molar-refractivity contribution in [2.45, 2.75) is 65.5 Å². The summed E-state index contributed by atoms with van der Waals surface area (Å²) in [4.78, 5) is 2.73. The first kappa shape index (κ1) is 11.4. The van der Waals surface area contributed by atoms with Crippen LogP contribution in [0.3, 0.4) is 0 Å². The first-order valence-electron chi connectivity index (χ1n) is 6.69. The summed E-state index contributed by atoms with van der Waals surface area (Å²) in [5, 5.41) is 0. The average molecular weight is 209 g/mol. The van der Waals surface area contributed by atoms with E-state index >= 15 is 0 Å². The fourth-order valence-electron chi connectivity index (χ4n) is 3.60. The second kappa shape index (κ2) is 3.76. The van der Waals surface area contributed by atoms with Crippen molar-refractivity contribution in [2.75, 3.05) is 6.54 Å². The van der Waals surface area contributed by atoms with Gasteiger partial charge in [-0.25, -0.2) is 0 Å². The van der Waals surface area contributed by atoms with E-state index in [1.54, 1.807) is 0 Å². The summed E-state index contributed by atoms with van der Waals surface area (Å²) in [7, 11) is 0. The molecule has 4 atom stereocenters. The Bertz CT molecular complexity index is 231. The van der Waals surface area contributed by atoms with Crippen molar-refractivity contribution in [1.29, 1.82) is 0 Å². The Morgan fingerprint density at radius 1 is 1.33 bits per heavy atom. The lowest BCUT2D eigenvalue weighted by molar-refractivity contribution is -0.151. The zero-order valence-electron chi connectivity index (χ0n) is 11.1. The molecule has 1 heteroatoms. The van der Waals surface area contributed by atoms with Gasteiger partial charge in [-0.15, -0.1) is 0 Å². The molecule has 4 unspecified atom stereocenters. The van der Waals surface area contributed by atoms with Crippen LogP contribution in [-0.2, 0) is 0 Å². The lowest BCUT2D eigenvalue weighted by Crippen LogP contribution is -2.71. The van der Waals surface area contributed by atoms with Crippen LogP contribution < -0.4 is 0 Å². The quantitative estimate of drug-likeness (QED) is 0.687. The first-order chi connectivity index (χ1) is 6.93. The lowest BCUT2D eigenvalue weighted by Gasteiger charge is -2.65. The topological polar surface area (TPSA) is 3.24 Å². The predicted octanol–water partition coefficient (Wildman–Crippen LogP) is 3.54. The van der Waals surface area contributed by atoms with E-state index in [1.807, 2.05) is 0 Å². The molecule has 0 aliphatic carbocycles. The number of nitrogens with zero attached hydrogens (tertiary/aromatic N) is 1. The molecule has 3 fully saturated rings. The Morgan fingerprint density at radius 3 is 2.47 bits per heavy atom. The molecule has 15 heavy (non-hydrogen) atoms. The molecule has 3 heterocycles. The van der Waals surface area contributed by atoms with Crippen molar-refractivity contribution in [1.82, 2.24) is 4.90 Å². The molecule has 0 saturated carbocycles. The molecule has 0 spiro atoms. The van der Waals surface area contributed by atoms with Crippen LogP contribution in [0.4, 0.5) is 0 Å². The maximum atomic E-state index is 2.73. The normalized spacial score (nSPS) is 42.8. The first-order valence-corrected chi connectivity index (χ1v) is 6.69. The molecule has 3 rings (SSSR count). The van der Waals surface area contributed by atoms with Gasteiger partial charge in [-0.3, -0.25) is 4.90 Å².